The molecule has 2 N–H and O–H groups in total. The van der Waals surface area contributed by atoms with Gasteiger partial charge in [0, 0.05) is 13.0 Å². The van der Waals surface area contributed by atoms with Gasteiger partial charge in [-0.2, -0.15) is 0 Å². The molecular formula is C19H23NO3. The van der Waals surface area contributed by atoms with Crippen LogP contribution in [0, 0.1) is 6.92 Å². The molecule has 0 saturated heterocycles. The maximum Gasteiger partial charge on any atom is 0.222 e. The maximum atomic E-state index is 11.8. The van der Waals surface area contributed by atoms with E-state index in [4.69, 9.17) is 4.74 Å². The summed E-state index contributed by atoms with van der Waals surface area (Å²) in [5.74, 6) is -0.120. The molecule has 2 rings (SSSR count). The van der Waals surface area contributed by atoms with Crippen LogP contribution in [0.2, 0.25) is 0 Å². The van der Waals surface area contributed by atoms with Crippen LogP contribution in [0.25, 0.3) is 0 Å². The Labute approximate surface area is 137 Å². The number of hydrogen-bond donors (Lipinski definition) is 2. The van der Waals surface area contributed by atoms with Crippen molar-refractivity contribution in [1.82, 2.24) is 5.32 Å². The van der Waals surface area contributed by atoms with Crippen molar-refractivity contribution in [3.8, 4) is 0 Å². The Morgan fingerprint density at radius 1 is 1.13 bits per heavy atom. The van der Waals surface area contributed by atoms with Crippen molar-refractivity contribution in [2.45, 2.75) is 26.1 Å². The van der Waals surface area contributed by atoms with Gasteiger partial charge in [0.2, 0.25) is 5.91 Å². The molecule has 0 bridgehead atoms. The van der Waals surface area contributed by atoms with Gasteiger partial charge in [-0.3, -0.25) is 4.79 Å². The SMILES string of the molecule is Cc1ccccc1C(O)CNC(=O)CCOCc1ccccc1. The minimum atomic E-state index is -0.689. The van der Waals surface area contributed by atoms with E-state index < -0.39 is 6.10 Å². The summed E-state index contributed by atoms with van der Waals surface area (Å²) in [5.41, 5.74) is 2.94. The molecule has 4 heteroatoms. The minimum Gasteiger partial charge on any atom is -0.387 e. The standard InChI is InChI=1S/C19H23NO3/c1-15-7-5-6-10-17(15)18(21)13-20-19(22)11-12-23-14-16-8-3-2-4-9-16/h2-10,18,21H,11-14H2,1H3,(H,20,22). The summed E-state index contributed by atoms with van der Waals surface area (Å²) in [6, 6.07) is 17.5. The number of ether oxygens (including phenoxy) is 1. The second kappa shape index (κ2) is 9.08. The fourth-order valence-electron chi connectivity index (χ4n) is 2.30. The van der Waals surface area contributed by atoms with Gasteiger partial charge < -0.3 is 15.2 Å². The molecule has 0 heterocycles. The number of amides is 1. The topological polar surface area (TPSA) is 58.6 Å². The molecule has 1 amide bonds. The average molecular weight is 313 g/mol. The average Bonchev–Trinajstić information content (AvgIpc) is 2.58. The van der Waals surface area contributed by atoms with Crippen LogP contribution >= 0.6 is 0 Å². The van der Waals surface area contributed by atoms with Crippen molar-refractivity contribution < 1.29 is 14.6 Å². The first-order valence-electron chi connectivity index (χ1n) is 7.79. The third kappa shape index (κ3) is 5.85. The summed E-state index contributed by atoms with van der Waals surface area (Å²) in [6.07, 6.45) is -0.404. The summed E-state index contributed by atoms with van der Waals surface area (Å²) < 4.78 is 5.48. The summed E-state index contributed by atoms with van der Waals surface area (Å²) >= 11 is 0. The molecule has 2 aromatic rings. The van der Waals surface area contributed by atoms with Gasteiger partial charge in [0.1, 0.15) is 0 Å². The summed E-state index contributed by atoms with van der Waals surface area (Å²) in [7, 11) is 0. The fourth-order valence-corrected chi connectivity index (χ4v) is 2.30. The first kappa shape index (κ1) is 17.2. The predicted molar refractivity (Wildman–Crippen MR) is 89.9 cm³/mol. The minimum absolute atomic E-state index is 0.120. The first-order valence-corrected chi connectivity index (χ1v) is 7.79. The molecule has 1 atom stereocenters. The van der Waals surface area contributed by atoms with E-state index in [1.807, 2.05) is 61.5 Å². The van der Waals surface area contributed by atoms with E-state index in [-0.39, 0.29) is 18.9 Å². The highest BCUT2D eigenvalue weighted by atomic mass is 16.5. The van der Waals surface area contributed by atoms with Crippen LogP contribution in [0.4, 0.5) is 0 Å². The van der Waals surface area contributed by atoms with Gasteiger partial charge in [-0.1, -0.05) is 54.6 Å². The Kier molecular flexibility index (Phi) is 6.78. The number of aliphatic hydroxyl groups excluding tert-OH is 1. The molecule has 0 aliphatic carbocycles. The number of aryl methyl sites for hydroxylation is 1. The molecule has 0 radical (unpaired) electrons. The van der Waals surface area contributed by atoms with E-state index in [2.05, 4.69) is 5.32 Å². The highest BCUT2D eigenvalue weighted by Crippen LogP contribution is 2.16. The van der Waals surface area contributed by atoms with E-state index in [1.165, 1.54) is 0 Å². The molecule has 0 saturated carbocycles. The lowest BCUT2D eigenvalue weighted by atomic mass is 10.0. The molecule has 4 nitrogen and oxygen atoms in total. The van der Waals surface area contributed by atoms with Gasteiger partial charge in [-0.05, 0) is 23.6 Å². The molecule has 1 unspecified atom stereocenters. The summed E-state index contributed by atoms with van der Waals surface area (Å²) in [4.78, 5) is 11.8. The van der Waals surface area contributed by atoms with Crippen LogP contribution in [0.5, 0.6) is 0 Å². The highest BCUT2D eigenvalue weighted by Gasteiger charge is 2.11. The van der Waals surface area contributed by atoms with Crippen molar-refractivity contribution >= 4 is 5.91 Å². The molecule has 2 aromatic carbocycles. The second-order valence-electron chi connectivity index (χ2n) is 5.46. The summed E-state index contributed by atoms with van der Waals surface area (Å²) in [6.45, 7) is 3.02. The zero-order chi connectivity index (χ0) is 16.5. The monoisotopic (exact) mass is 313 g/mol. The normalized spacial score (nSPS) is 11.9. The zero-order valence-corrected chi connectivity index (χ0v) is 13.4. The van der Waals surface area contributed by atoms with Crippen molar-refractivity contribution in [3.63, 3.8) is 0 Å². The number of hydrogen-bond acceptors (Lipinski definition) is 3. The molecular weight excluding hydrogens is 290 g/mol. The Morgan fingerprint density at radius 3 is 2.57 bits per heavy atom. The largest absolute Gasteiger partial charge is 0.387 e. The predicted octanol–water partition coefficient (Wildman–Crippen LogP) is 2.75. The molecule has 0 aliphatic rings. The lowest BCUT2D eigenvalue weighted by Gasteiger charge is -2.14. The molecule has 0 spiro atoms. The summed E-state index contributed by atoms with van der Waals surface area (Å²) in [5, 5.41) is 12.9. The van der Waals surface area contributed by atoms with Crippen LogP contribution in [0.15, 0.2) is 54.6 Å². The molecule has 23 heavy (non-hydrogen) atoms. The Morgan fingerprint density at radius 2 is 1.83 bits per heavy atom. The smallest absolute Gasteiger partial charge is 0.222 e. The van der Waals surface area contributed by atoms with Gasteiger partial charge in [0.15, 0.2) is 0 Å². The van der Waals surface area contributed by atoms with Gasteiger partial charge in [-0.15, -0.1) is 0 Å². The molecule has 0 aromatic heterocycles. The van der Waals surface area contributed by atoms with Crippen molar-refractivity contribution in [2.75, 3.05) is 13.2 Å². The van der Waals surface area contributed by atoms with Crippen LogP contribution in [0.3, 0.4) is 0 Å². The number of nitrogens with one attached hydrogen (secondary N) is 1. The second-order valence-corrected chi connectivity index (χ2v) is 5.46. The Hall–Kier alpha value is -2.17. The molecule has 122 valence electrons. The van der Waals surface area contributed by atoms with Crippen LogP contribution < -0.4 is 5.32 Å². The number of benzene rings is 2. The zero-order valence-electron chi connectivity index (χ0n) is 13.4. The number of rotatable bonds is 8. The van der Waals surface area contributed by atoms with E-state index >= 15 is 0 Å². The quantitative estimate of drug-likeness (QED) is 0.737. The van der Waals surface area contributed by atoms with E-state index in [0.717, 1.165) is 16.7 Å². The first-order chi connectivity index (χ1) is 11.2. The Balaban J connectivity index is 1.64. The Bertz CT molecular complexity index is 613. The van der Waals surface area contributed by atoms with Crippen LogP contribution in [-0.2, 0) is 16.1 Å². The van der Waals surface area contributed by atoms with Gasteiger partial charge in [0.25, 0.3) is 0 Å². The van der Waals surface area contributed by atoms with Gasteiger partial charge in [0.05, 0.1) is 19.3 Å². The van der Waals surface area contributed by atoms with E-state index in [0.29, 0.717) is 13.2 Å². The number of aliphatic hydroxyl groups is 1. The van der Waals surface area contributed by atoms with E-state index in [1.54, 1.807) is 0 Å². The van der Waals surface area contributed by atoms with Crippen LogP contribution in [0.1, 0.15) is 29.2 Å². The lowest BCUT2D eigenvalue weighted by molar-refractivity contribution is -0.122. The maximum absolute atomic E-state index is 11.8. The number of carbonyl (C=O) groups excluding carboxylic acids is 1. The fraction of sp³-hybridized carbons (Fsp3) is 0.316. The molecule has 0 aliphatic heterocycles. The van der Waals surface area contributed by atoms with Crippen molar-refractivity contribution in [3.05, 3.63) is 71.3 Å². The van der Waals surface area contributed by atoms with Crippen molar-refractivity contribution in [1.29, 1.82) is 0 Å². The third-order valence-electron chi connectivity index (χ3n) is 3.63. The van der Waals surface area contributed by atoms with E-state index in [9.17, 15) is 9.90 Å². The highest BCUT2D eigenvalue weighted by molar-refractivity contribution is 5.76. The third-order valence-corrected chi connectivity index (χ3v) is 3.63. The van der Waals surface area contributed by atoms with Gasteiger partial charge >= 0.3 is 0 Å². The lowest BCUT2D eigenvalue weighted by Crippen LogP contribution is -2.29. The molecule has 0 fully saturated rings. The van der Waals surface area contributed by atoms with Crippen molar-refractivity contribution in [2.24, 2.45) is 0 Å². The van der Waals surface area contributed by atoms with Gasteiger partial charge in [-0.25, -0.2) is 0 Å². The van der Waals surface area contributed by atoms with Crippen LogP contribution in [-0.4, -0.2) is 24.2 Å². The number of carbonyl (C=O) groups is 1.